The summed E-state index contributed by atoms with van der Waals surface area (Å²) in [4.78, 5) is 13.1. The van der Waals surface area contributed by atoms with Crippen LogP contribution in [0, 0.1) is 5.92 Å². The first-order valence-corrected chi connectivity index (χ1v) is 11.1. The molecule has 3 heterocycles. The van der Waals surface area contributed by atoms with Gasteiger partial charge in [0.05, 0.1) is 25.4 Å². The van der Waals surface area contributed by atoms with Crippen molar-refractivity contribution >= 4 is 5.78 Å². The van der Waals surface area contributed by atoms with Gasteiger partial charge in [0, 0.05) is 0 Å². The third-order valence-corrected chi connectivity index (χ3v) is 6.77. The summed E-state index contributed by atoms with van der Waals surface area (Å²) in [6.45, 7) is 0.197. The Labute approximate surface area is 199 Å². The van der Waals surface area contributed by atoms with E-state index in [1.807, 2.05) is 0 Å². The number of carbonyl (C=O) groups excluding carboxylic acids is 1. The highest BCUT2D eigenvalue weighted by molar-refractivity contribution is 6.03. The summed E-state index contributed by atoms with van der Waals surface area (Å²) in [6, 6.07) is 0. The van der Waals surface area contributed by atoms with Crippen molar-refractivity contribution in [2.45, 2.75) is 80.2 Å². The molecule has 0 radical (unpaired) electrons. The molecular weight excluding hydrogens is 476 g/mol. The molecule has 35 heavy (non-hydrogen) atoms. The van der Waals surface area contributed by atoms with E-state index in [9.17, 15) is 45.6 Å². The highest BCUT2D eigenvalue weighted by Crippen LogP contribution is 2.46. The average molecular weight is 506 g/mol. The minimum absolute atomic E-state index is 0.415. The molecule has 13 unspecified atom stereocenters. The fourth-order valence-electron chi connectivity index (χ4n) is 4.75. The van der Waals surface area contributed by atoms with Crippen LogP contribution in [0.5, 0.6) is 0 Å². The monoisotopic (exact) mass is 506 g/mol. The molecular formula is C21H30O14. The minimum atomic E-state index is -1.87. The van der Waals surface area contributed by atoms with Crippen molar-refractivity contribution in [1.29, 1.82) is 0 Å². The normalized spacial score (nSPS) is 50.0. The predicted octanol–water partition coefficient (Wildman–Crippen LogP) is -4.63. The summed E-state index contributed by atoms with van der Waals surface area (Å²) in [7, 11) is 0. The molecule has 1 aliphatic carbocycles. The van der Waals surface area contributed by atoms with E-state index in [1.54, 1.807) is 6.92 Å². The van der Waals surface area contributed by atoms with Gasteiger partial charge in [-0.05, 0) is 19.1 Å². The largest absolute Gasteiger partial charge is 0.472 e. The number of carbonyl (C=O) groups is 1. The molecule has 198 valence electrons. The molecule has 0 aromatic carbocycles. The van der Waals surface area contributed by atoms with E-state index >= 15 is 0 Å². The second-order valence-electron chi connectivity index (χ2n) is 8.98. The lowest BCUT2D eigenvalue weighted by molar-refractivity contribution is -0.354. The molecule has 0 bridgehead atoms. The van der Waals surface area contributed by atoms with Crippen molar-refractivity contribution in [1.82, 2.24) is 0 Å². The molecule has 0 spiro atoms. The van der Waals surface area contributed by atoms with Crippen molar-refractivity contribution in [2.24, 2.45) is 5.92 Å². The number of hydrogen-bond acceptors (Lipinski definition) is 14. The Hall–Kier alpha value is -1.53. The lowest BCUT2D eigenvalue weighted by atomic mass is 9.83. The van der Waals surface area contributed by atoms with Gasteiger partial charge < -0.3 is 64.5 Å². The topological polar surface area (TPSA) is 225 Å². The summed E-state index contributed by atoms with van der Waals surface area (Å²) in [5.41, 5.74) is -1.45. The van der Waals surface area contributed by atoms with E-state index < -0.39 is 98.2 Å². The van der Waals surface area contributed by atoms with Gasteiger partial charge in [-0.3, -0.25) is 4.79 Å². The first kappa shape index (κ1) is 26.5. The number of aliphatic hydroxyl groups is 8. The van der Waals surface area contributed by atoms with Crippen LogP contribution in [-0.2, 0) is 28.5 Å². The Kier molecular flexibility index (Phi) is 7.64. The number of rotatable bonds is 6. The van der Waals surface area contributed by atoms with Gasteiger partial charge in [-0.2, -0.15) is 0 Å². The van der Waals surface area contributed by atoms with Crippen LogP contribution >= 0.6 is 0 Å². The van der Waals surface area contributed by atoms with Crippen molar-refractivity contribution in [2.75, 3.05) is 13.2 Å². The van der Waals surface area contributed by atoms with Crippen molar-refractivity contribution in [3.05, 3.63) is 24.0 Å². The number of ether oxygens (including phenoxy) is 5. The molecule has 2 fully saturated rings. The molecule has 0 aromatic heterocycles. The van der Waals surface area contributed by atoms with Crippen molar-refractivity contribution in [3.63, 3.8) is 0 Å². The van der Waals surface area contributed by atoms with Gasteiger partial charge in [-0.15, -0.1) is 0 Å². The molecule has 0 amide bonds. The number of ketones is 1. The van der Waals surface area contributed by atoms with Gasteiger partial charge in [0.2, 0.25) is 6.29 Å². The number of hydrogen-bond donors (Lipinski definition) is 8. The average Bonchev–Trinajstić information content (AvgIpc) is 3.09. The van der Waals surface area contributed by atoms with Crippen LogP contribution in [0.4, 0.5) is 0 Å². The smallest absolute Gasteiger partial charge is 0.211 e. The quantitative estimate of drug-likeness (QED) is 0.170. The molecule has 14 nitrogen and oxygen atoms in total. The van der Waals surface area contributed by atoms with Crippen LogP contribution < -0.4 is 0 Å². The van der Waals surface area contributed by atoms with Crippen molar-refractivity contribution < 1.29 is 69.3 Å². The van der Waals surface area contributed by atoms with Gasteiger partial charge in [0.15, 0.2) is 24.0 Å². The SMILES string of the molecule is CC1=CC(=O)C2(OC3OC(CO)C(O)C(O)C3O)C=COC(OC3OC(CO)C(O)C(O)C3O)C12. The maximum absolute atomic E-state index is 13.1. The minimum Gasteiger partial charge on any atom is -0.472 e. The molecule has 0 saturated carbocycles. The Bertz CT molecular complexity index is 844. The zero-order valence-corrected chi connectivity index (χ0v) is 18.6. The molecule has 8 N–H and O–H groups in total. The van der Waals surface area contributed by atoms with E-state index in [0.717, 1.165) is 6.26 Å². The van der Waals surface area contributed by atoms with Gasteiger partial charge in [0.1, 0.15) is 48.8 Å². The van der Waals surface area contributed by atoms with E-state index in [0.29, 0.717) is 5.57 Å². The zero-order chi connectivity index (χ0) is 25.7. The summed E-state index contributed by atoms with van der Waals surface area (Å²) in [6.07, 6.45) is -13.7. The molecule has 3 aliphatic heterocycles. The summed E-state index contributed by atoms with van der Waals surface area (Å²) in [5, 5.41) is 79.7. The van der Waals surface area contributed by atoms with Gasteiger partial charge >= 0.3 is 0 Å². The highest BCUT2D eigenvalue weighted by atomic mass is 16.8. The van der Waals surface area contributed by atoms with E-state index in [4.69, 9.17) is 23.7 Å². The van der Waals surface area contributed by atoms with E-state index in [-0.39, 0.29) is 0 Å². The fourth-order valence-corrected chi connectivity index (χ4v) is 4.75. The predicted molar refractivity (Wildman–Crippen MR) is 109 cm³/mol. The van der Waals surface area contributed by atoms with Crippen molar-refractivity contribution in [3.8, 4) is 0 Å². The van der Waals surface area contributed by atoms with E-state index in [1.165, 1.54) is 12.2 Å². The van der Waals surface area contributed by atoms with Crippen LogP contribution in [0.2, 0.25) is 0 Å². The van der Waals surface area contributed by atoms with E-state index in [2.05, 4.69) is 0 Å². The lowest BCUT2D eigenvalue weighted by Crippen LogP contribution is -2.63. The molecule has 13 atom stereocenters. The Morgan fingerprint density at radius 2 is 1.37 bits per heavy atom. The molecule has 14 heteroatoms. The third kappa shape index (κ3) is 4.43. The molecule has 0 aromatic rings. The standard InChI is InChI=1S/C21H30O14/c1-7-4-10(24)21(35-20-17(30)15(28)13(26)9(6-23)33-20)2-3-31-18(11(7)21)34-19-16(29)14(27)12(25)8(5-22)32-19/h2-4,8-9,11-20,22-23,25-30H,5-6H2,1H3. The van der Waals surface area contributed by atoms with Crippen LogP contribution in [0.1, 0.15) is 6.92 Å². The maximum Gasteiger partial charge on any atom is 0.211 e. The molecule has 2 saturated heterocycles. The first-order valence-electron chi connectivity index (χ1n) is 11.1. The Balaban J connectivity index is 1.58. The van der Waals surface area contributed by atoms with Crippen LogP contribution in [0.3, 0.4) is 0 Å². The van der Waals surface area contributed by atoms with Gasteiger partial charge in [0.25, 0.3) is 0 Å². The number of aliphatic hydroxyl groups excluding tert-OH is 8. The second-order valence-corrected chi connectivity index (χ2v) is 8.98. The van der Waals surface area contributed by atoms with Crippen LogP contribution in [0.25, 0.3) is 0 Å². The third-order valence-electron chi connectivity index (χ3n) is 6.77. The molecule has 4 aliphatic rings. The first-order chi connectivity index (χ1) is 16.5. The summed E-state index contributed by atoms with van der Waals surface area (Å²) < 4.78 is 27.9. The fraction of sp³-hybridized carbons (Fsp3) is 0.762. The van der Waals surface area contributed by atoms with Crippen LogP contribution in [0.15, 0.2) is 24.0 Å². The zero-order valence-electron chi connectivity index (χ0n) is 18.6. The highest BCUT2D eigenvalue weighted by Gasteiger charge is 2.60. The molecule has 4 rings (SSSR count). The summed E-state index contributed by atoms with van der Waals surface area (Å²) >= 11 is 0. The summed E-state index contributed by atoms with van der Waals surface area (Å²) in [5.74, 6) is -1.61. The lowest BCUT2D eigenvalue weighted by Gasteiger charge is -2.47. The second kappa shape index (κ2) is 10.1. The number of fused-ring (bicyclic) bond motifs is 1. The Morgan fingerprint density at radius 1 is 0.829 bits per heavy atom. The van der Waals surface area contributed by atoms with Crippen LogP contribution in [-0.4, -0.2) is 133 Å². The maximum atomic E-state index is 13.1. The van der Waals surface area contributed by atoms with Gasteiger partial charge in [-0.25, -0.2) is 0 Å². The van der Waals surface area contributed by atoms with Gasteiger partial charge in [-0.1, -0.05) is 5.57 Å². The Morgan fingerprint density at radius 3 is 1.94 bits per heavy atom.